The van der Waals surface area contributed by atoms with Crippen LogP contribution in [0, 0.1) is 11.7 Å². The monoisotopic (exact) mass is 611 g/mol. The molecule has 2 fully saturated rings. The fourth-order valence-electron chi connectivity index (χ4n) is 4.96. The Morgan fingerprint density at radius 2 is 1.77 bits per heavy atom. The van der Waals surface area contributed by atoms with E-state index in [1.807, 2.05) is 0 Å². The van der Waals surface area contributed by atoms with Crippen molar-refractivity contribution in [2.24, 2.45) is 5.92 Å². The minimum atomic E-state index is -0.619. The van der Waals surface area contributed by atoms with Gasteiger partial charge in [0.15, 0.2) is 0 Å². The number of hydrogen-bond donors (Lipinski definition) is 2. The molecule has 1 saturated carbocycles. The van der Waals surface area contributed by atoms with Gasteiger partial charge in [-0.25, -0.2) is 14.4 Å². The number of methoxy groups -OCH3 is 2. The van der Waals surface area contributed by atoms with E-state index < -0.39 is 35.7 Å². The number of anilines is 3. The Labute approximate surface area is 252 Å². The second-order valence-electron chi connectivity index (χ2n) is 10.3. The average Bonchev–Trinajstić information content (AvgIpc) is 3.74. The van der Waals surface area contributed by atoms with Crippen molar-refractivity contribution < 1.29 is 33.0 Å². The van der Waals surface area contributed by atoms with Crippen LogP contribution in [0.1, 0.15) is 25.7 Å². The van der Waals surface area contributed by atoms with Crippen LogP contribution in [0.4, 0.5) is 21.6 Å². The Kier molecular flexibility index (Phi) is 9.37. The Morgan fingerprint density at radius 1 is 1.05 bits per heavy atom. The number of hydrogen-bond acceptors (Lipinski definition) is 10. The lowest BCUT2D eigenvalue weighted by Crippen LogP contribution is -2.45. The van der Waals surface area contributed by atoms with Crippen molar-refractivity contribution in [3.8, 4) is 5.75 Å². The number of fused-ring (bicyclic) bond motifs is 1. The van der Waals surface area contributed by atoms with E-state index in [2.05, 4.69) is 20.6 Å². The number of nitrogens with zero attached hydrogens (tertiary/aromatic N) is 3. The van der Waals surface area contributed by atoms with Gasteiger partial charge in [0.25, 0.3) is 0 Å². The smallest absolute Gasteiger partial charge is 0.323 e. The lowest BCUT2D eigenvalue weighted by atomic mass is 10.1. The molecule has 1 amide bonds. The van der Waals surface area contributed by atoms with Crippen LogP contribution in [-0.4, -0.2) is 72.2 Å². The summed E-state index contributed by atoms with van der Waals surface area (Å²) in [5.74, 6) is -0.552. The van der Waals surface area contributed by atoms with Crippen molar-refractivity contribution in [1.29, 1.82) is 0 Å². The van der Waals surface area contributed by atoms with Crippen LogP contribution in [0.15, 0.2) is 48.8 Å². The number of esters is 2. The van der Waals surface area contributed by atoms with E-state index in [0.29, 0.717) is 59.2 Å². The van der Waals surface area contributed by atoms with E-state index >= 15 is 0 Å². The van der Waals surface area contributed by atoms with Crippen LogP contribution in [0.2, 0.25) is 5.02 Å². The van der Waals surface area contributed by atoms with Gasteiger partial charge in [-0.3, -0.25) is 19.3 Å². The van der Waals surface area contributed by atoms with Gasteiger partial charge in [-0.15, -0.1) is 0 Å². The van der Waals surface area contributed by atoms with Crippen molar-refractivity contribution in [3.63, 3.8) is 0 Å². The Bertz CT molecular complexity index is 1540. The first-order valence-electron chi connectivity index (χ1n) is 13.8. The Hall–Kier alpha value is -4.29. The van der Waals surface area contributed by atoms with E-state index in [9.17, 15) is 18.8 Å². The number of carbonyl (C=O) groups excluding carboxylic acids is 3. The minimum Gasteiger partial charge on any atom is -0.491 e. The molecule has 1 aromatic heterocycles. The van der Waals surface area contributed by atoms with Crippen LogP contribution in [0.5, 0.6) is 5.75 Å². The van der Waals surface area contributed by atoms with Crippen molar-refractivity contribution in [1.82, 2.24) is 14.9 Å². The third kappa shape index (κ3) is 7.20. The molecule has 2 heterocycles. The highest BCUT2D eigenvalue weighted by Gasteiger charge is 2.42. The molecule has 2 aromatic carbocycles. The summed E-state index contributed by atoms with van der Waals surface area (Å²) in [7, 11) is 2.59. The van der Waals surface area contributed by atoms with Gasteiger partial charge in [-0.1, -0.05) is 17.7 Å². The number of benzene rings is 2. The third-order valence-corrected chi connectivity index (χ3v) is 7.68. The summed E-state index contributed by atoms with van der Waals surface area (Å²) in [6.07, 6.45) is 7.35. The molecule has 1 aliphatic heterocycles. The topological polar surface area (TPSA) is 132 Å². The highest BCUT2D eigenvalue weighted by atomic mass is 35.5. The molecule has 2 N–H and O–H groups in total. The molecule has 0 spiro atoms. The number of nitrogens with one attached hydrogen (secondary N) is 2. The summed E-state index contributed by atoms with van der Waals surface area (Å²) in [6, 6.07) is 6.43. The normalized spacial score (nSPS) is 18.5. The molecule has 43 heavy (non-hydrogen) atoms. The summed E-state index contributed by atoms with van der Waals surface area (Å²) >= 11 is 5.94. The zero-order valence-electron chi connectivity index (χ0n) is 23.6. The average molecular weight is 612 g/mol. The van der Waals surface area contributed by atoms with Crippen LogP contribution in [0.3, 0.4) is 0 Å². The van der Waals surface area contributed by atoms with Crippen molar-refractivity contribution >= 4 is 57.5 Å². The Morgan fingerprint density at radius 3 is 2.42 bits per heavy atom. The highest BCUT2D eigenvalue weighted by Crippen LogP contribution is 2.36. The van der Waals surface area contributed by atoms with E-state index in [-0.39, 0.29) is 11.6 Å². The predicted octanol–water partition coefficient (Wildman–Crippen LogP) is 4.63. The first-order chi connectivity index (χ1) is 20.8. The van der Waals surface area contributed by atoms with Gasteiger partial charge in [0, 0.05) is 29.8 Å². The molecule has 13 heteroatoms. The highest BCUT2D eigenvalue weighted by molar-refractivity contribution is 6.31. The number of aromatic nitrogens is 2. The number of carbonyl (C=O) groups is 3. The maximum absolute atomic E-state index is 13.7. The van der Waals surface area contributed by atoms with E-state index in [0.717, 1.165) is 12.8 Å². The molecule has 5 rings (SSSR count). The molecule has 2 aliphatic rings. The Balaban J connectivity index is 1.37. The van der Waals surface area contributed by atoms with Gasteiger partial charge in [0.2, 0.25) is 5.91 Å². The molecule has 0 unspecified atom stereocenters. The molecule has 0 radical (unpaired) electrons. The van der Waals surface area contributed by atoms with Crippen LogP contribution < -0.4 is 15.4 Å². The second kappa shape index (κ2) is 13.3. The lowest BCUT2D eigenvalue weighted by molar-refractivity contribution is -0.150. The standard InChI is InChI=1S/C30H31ClFN5O6/c1-41-29(39)24-9-10-25(30(40)42-2)37(24)11-3-4-27(38)36-23-13-19-22(14-26(23)43-15-17-5-6-17)33-16-34-28(19)35-18-7-8-21(32)20(31)12-18/h3-4,7-8,12-14,16-17,24-25H,5-6,9-11,15H2,1-2H3,(H,36,38)(H,33,34,35)/t24-,25-/m0/s1. The van der Waals surface area contributed by atoms with E-state index in [1.54, 1.807) is 23.1 Å². The van der Waals surface area contributed by atoms with Gasteiger partial charge in [0.05, 0.1) is 37.1 Å². The van der Waals surface area contributed by atoms with E-state index in [1.165, 1.54) is 44.8 Å². The SMILES string of the molecule is COC(=O)[C@@H]1CC[C@@H](C(=O)OC)N1CC=CC(=O)Nc1cc2c(Nc3ccc(F)c(Cl)c3)ncnc2cc1OCC1CC1. The second-order valence-corrected chi connectivity index (χ2v) is 10.7. The first-order valence-corrected chi connectivity index (χ1v) is 14.2. The van der Waals surface area contributed by atoms with Crippen molar-refractivity contribution in [3.05, 3.63) is 59.7 Å². The largest absolute Gasteiger partial charge is 0.491 e. The van der Waals surface area contributed by atoms with Gasteiger partial charge < -0.3 is 24.8 Å². The van der Waals surface area contributed by atoms with Gasteiger partial charge in [-0.05, 0) is 55.9 Å². The van der Waals surface area contributed by atoms with E-state index in [4.69, 9.17) is 25.8 Å². The van der Waals surface area contributed by atoms with Gasteiger partial charge >= 0.3 is 11.9 Å². The van der Waals surface area contributed by atoms with Crippen LogP contribution >= 0.6 is 11.6 Å². The molecular formula is C30H31ClFN5O6. The molecule has 3 aromatic rings. The lowest BCUT2D eigenvalue weighted by Gasteiger charge is -2.25. The third-order valence-electron chi connectivity index (χ3n) is 7.39. The van der Waals surface area contributed by atoms with Gasteiger partial charge in [-0.2, -0.15) is 0 Å². The maximum Gasteiger partial charge on any atom is 0.323 e. The number of amides is 1. The van der Waals surface area contributed by atoms with Crippen LogP contribution in [-0.2, 0) is 23.9 Å². The molecular weight excluding hydrogens is 581 g/mol. The summed E-state index contributed by atoms with van der Waals surface area (Å²) in [5, 5.41) is 6.53. The summed E-state index contributed by atoms with van der Waals surface area (Å²) in [6.45, 7) is 0.658. The number of rotatable bonds is 11. The van der Waals surface area contributed by atoms with Gasteiger partial charge in [0.1, 0.15) is 35.8 Å². The predicted molar refractivity (Wildman–Crippen MR) is 158 cm³/mol. The fourth-order valence-corrected chi connectivity index (χ4v) is 5.14. The molecule has 0 bridgehead atoms. The van der Waals surface area contributed by atoms with Crippen molar-refractivity contribution in [2.75, 3.05) is 38.0 Å². The summed E-state index contributed by atoms with van der Waals surface area (Å²) < 4.78 is 29.5. The zero-order chi connectivity index (χ0) is 30.5. The molecule has 226 valence electrons. The zero-order valence-corrected chi connectivity index (χ0v) is 24.4. The molecule has 2 atom stereocenters. The molecule has 1 aliphatic carbocycles. The van der Waals surface area contributed by atoms with Crippen LogP contribution in [0.25, 0.3) is 10.9 Å². The quantitative estimate of drug-likeness (QED) is 0.234. The minimum absolute atomic E-state index is 0.0383. The number of halogens is 2. The molecule has 1 saturated heterocycles. The molecule has 11 nitrogen and oxygen atoms in total. The summed E-state index contributed by atoms with van der Waals surface area (Å²) in [5.41, 5.74) is 1.49. The number of likely N-dealkylation sites (tertiary alicyclic amines) is 1. The summed E-state index contributed by atoms with van der Waals surface area (Å²) in [4.78, 5) is 48.0. The van der Waals surface area contributed by atoms with Crippen molar-refractivity contribution in [2.45, 2.75) is 37.8 Å². The maximum atomic E-state index is 13.7. The first kappa shape index (κ1) is 30.2. The fraction of sp³-hybridized carbons (Fsp3) is 0.367. The number of ether oxygens (including phenoxy) is 3.